The third-order valence-electron chi connectivity index (χ3n) is 3.81. The first-order chi connectivity index (χ1) is 10.0. The number of rotatable bonds is 6. The molecule has 0 radical (unpaired) electrons. The van der Waals surface area contributed by atoms with Crippen molar-refractivity contribution in [1.29, 1.82) is 0 Å². The highest BCUT2D eigenvalue weighted by molar-refractivity contribution is 6.30. The summed E-state index contributed by atoms with van der Waals surface area (Å²) in [5.41, 5.74) is 1.94. The van der Waals surface area contributed by atoms with Crippen LogP contribution in [-0.4, -0.2) is 30.6 Å². The fourth-order valence-corrected chi connectivity index (χ4v) is 2.63. The second-order valence-electron chi connectivity index (χ2n) is 5.71. The second kappa shape index (κ2) is 7.10. The summed E-state index contributed by atoms with van der Waals surface area (Å²) in [5, 5.41) is 1.67. The van der Waals surface area contributed by atoms with E-state index in [2.05, 4.69) is 36.8 Å². The Bertz CT molecular complexity index is 615. The maximum atomic E-state index is 6.33. The summed E-state index contributed by atoms with van der Waals surface area (Å²) >= 11 is 6.33. The third-order valence-corrected chi connectivity index (χ3v) is 4.14. The van der Waals surface area contributed by atoms with Gasteiger partial charge in [0.05, 0.1) is 12.6 Å². The van der Waals surface area contributed by atoms with Crippen LogP contribution in [0, 0.1) is 5.92 Å². The van der Waals surface area contributed by atoms with Gasteiger partial charge in [-0.25, -0.2) is 4.98 Å². The van der Waals surface area contributed by atoms with Crippen LogP contribution in [-0.2, 0) is 6.54 Å². The van der Waals surface area contributed by atoms with Crippen molar-refractivity contribution >= 4 is 22.5 Å². The zero-order valence-corrected chi connectivity index (χ0v) is 13.9. The average molecular weight is 307 g/mol. The molecule has 0 saturated heterocycles. The van der Waals surface area contributed by atoms with Gasteiger partial charge in [0.25, 0.3) is 0 Å². The van der Waals surface area contributed by atoms with Crippen molar-refractivity contribution in [2.45, 2.75) is 26.8 Å². The van der Waals surface area contributed by atoms with E-state index < -0.39 is 0 Å². The van der Waals surface area contributed by atoms with Crippen molar-refractivity contribution in [3.05, 3.63) is 35.0 Å². The predicted molar refractivity (Wildman–Crippen MR) is 89.1 cm³/mol. The fraction of sp³-hybridized carbons (Fsp3) is 0.471. The molecule has 0 spiro atoms. The molecule has 0 fully saturated rings. The van der Waals surface area contributed by atoms with Crippen molar-refractivity contribution in [3.8, 4) is 5.75 Å². The van der Waals surface area contributed by atoms with Gasteiger partial charge < -0.3 is 9.64 Å². The highest BCUT2D eigenvalue weighted by Crippen LogP contribution is 2.25. The van der Waals surface area contributed by atoms with Gasteiger partial charge in [0.15, 0.2) is 0 Å². The zero-order chi connectivity index (χ0) is 15.4. The minimum atomic E-state index is 0.576. The molecule has 0 bridgehead atoms. The van der Waals surface area contributed by atoms with Crippen molar-refractivity contribution in [3.63, 3.8) is 0 Å². The summed E-state index contributed by atoms with van der Waals surface area (Å²) in [4.78, 5) is 6.79. The number of benzene rings is 1. The molecule has 2 rings (SSSR count). The number of aromatic nitrogens is 1. The summed E-state index contributed by atoms with van der Waals surface area (Å²) in [5.74, 6) is 1.49. The maximum absolute atomic E-state index is 6.33. The quantitative estimate of drug-likeness (QED) is 0.741. The van der Waals surface area contributed by atoms with Crippen LogP contribution in [0.4, 0.5) is 0 Å². The molecule has 1 aromatic carbocycles. The highest BCUT2D eigenvalue weighted by atomic mass is 35.5. The molecule has 0 N–H and O–H groups in total. The molecule has 21 heavy (non-hydrogen) atoms. The van der Waals surface area contributed by atoms with E-state index in [4.69, 9.17) is 16.3 Å². The summed E-state index contributed by atoms with van der Waals surface area (Å²) in [7, 11) is 3.78. The molecule has 3 nitrogen and oxygen atoms in total. The fourth-order valence-electron chi connectivity index (χ4n) is 2.42. The topological polar surface area (TPSA) is 25.4 Å². The van der Waals surface area contributed by atoms with Crippen molar-refractivity contribution in [2.75, 3.05) is 20.7 Å². The number of ether oxygens (including phenoxy) is 1. The summed E-state index contributed by atoms with van der Waals surface area (Å²) in [6.45, 7) is 6.37. The molecular weight excluding hydrogens is 284 g/mol. The van der Waals surface area contributed by atoms with E-state index in [1.807, 2.05) is 18.2 Å². The number of nitrogens with zero attached hydrogens (tertiary/aromatic N) is 2. The van der Waals surface area contributed by atoms with Crippen molar-refractivity contribution < 1.29 is 4.74 Å². The Morgan fingerprint density at radius 1 is 1.33 bits per heavy atom. The normalized spacial score (nSPS) is 12.9. The lowest BCUT2D eigenvalue weighted by Crippen LogP contribution is -2.24. The SMILES string of the molecule is CCC(C)CN(C)Cc1cc2ccc(OC)cc2nc1Cl. The van der Waals surface area contributed by atoms with Crippen LogP contribution in [0.5, 0.6) is 5.75 Å². The maximum Gasteiger partial charge on any atom is 0.134 e. The van der Waals surface area contributed by atoms with Gasteiger partial charge in [0.1, 0.15) is 10.9 Å². The van der Waals surface area contributed by atoms with E-state index in [0.717, 1.165) is 35.3 Å². The molecule has 2 aromatic rings. The van der Waals surface area contributed by atoms with Crippen molar-refractivity contribution in [2.24, 2.45) is 5.92 Å². The van der Waals surface area contributed by atoms with Gasteiger partial charge in [-0.05, 0) is 31.2 Å². The minimum Gasteiger partial charge on any atom is -0.497 e. The average Bonchev–Trinajstić information content (AvgIpc) is 2.47. The van der Waals surface area contributed by atoms with Crippen LogP contribution in [0.25, 0.3) is 10.9 Å². The lowest BCUT2D eigenvalue weighted by atomic mass is 10.1. The van der Waals surface area contributed by atoms with Gasteiger partial charge in [0.2, 0.25) is 0 Å². The number of hydrogen-bond acceptors (Lipinski definition) is 3. The monoisotopic (exact) mass is 306 g/mol. The molecule has 0 aliphatic rings. The van der Waals surface area contributed by atoms with Gasteiger partial charge in [-0.1, -0.05) is 31.9 Å². The van der Waals surface area contributed by atoms with Crippen LogP contribution in [0.1, 0.15) is 25.8 Å². The van der Waals surface area contributed by atoms with Crippen LogP contribution in [0.2, 0.25) is 5.15 Å². The lowest BCUT2D eigenvalue weighted by molar-refractivity contribution is 0.275. The summed E-state index contributed by atoms with van der Waals surface area (Å²) in [6.07, 6.45) is 1.19. The third kappa shape index (κ3) is 4.08. The Kier molecular flexibility index (Phi) is 5.43. The van der Waals surface area contributed by atoms with E-state index in [9.17, 15) is 0 Å². The molecule has 1 heterocycles. The number of hydrogen-bond donors (Lipinski definition) is 0. The molecule has 1 atom stereocenters. The van der Waals surface area contributed by atoms with Gasteiger partial charge in [-0.3, -0.25) is 0 Å². The molecule has 114 valence electrons. The van der Waals surface area contributed by atoms with Gasteiger partial charge >= 0.3 is 0 Å². The number of fused-ring (bicyclic) bond motifs is 1. The summed E-state index contributed by atoms with van der Waals surface area (Å²) < 4.78 is 5.22. The molecule has 0 amide bonds. The molecule has 0 aliphatic heterocycles. The first kappa shape index (κ1) is 16.1. The highest BCUT2D eigenvalue weighted by Gasteiger charge is 2.10. The molecule has 1 aromatic heterocycles. The van der Waals surface area contributed by atoms with E-state index >= 15 is 0 Å². The standard InChI is InChI=1S/C17H23ClN2O/c1-5-12(2)10-20(3)11-14-8-13-6-7-15(21-4)9-16(13)19-17(14)18/h6-9,12H,5,10-11H2,1-4H3. The van der Waals surface area contributed by atoms with Gasteiger partial charge in [-0.2, -0.15) is 0 Å². The van der Waals surface area contributed by atoms with Crippen LogP contribution in [0.3, 0.4) is 0 Å². The molecule has 1 unspecified atom stereocenters. The number of methoxy groups -OCH3 is 1. The Morgan fingerprint density at radius 3 is 2.76 bits per heavy atom. The zero-order valence-electron chi connectivity index (χ0n) is 13.2. The van der Waals surface area contributed by atoms with E-state index in [1.54, 1.807) is 7.11 Å². The first-order valence-corrected chi connectivity index (χ1v) is 7.73. The Hall–Kier alpha value is -1.32. The Balaban J connectivity index is 2.22. The summed E-state index contributed by atoms with van der Waals surface area (Å²) in [6, 6.07) is 8.01. The predicted octanol–water partition coefficient (Wildman–Crippen LogP) is 4.37. The number of halogens is 1. The number of pyridine rings is 1. The molecule has 0 aliphatic carbocycles. The van der Waals surface area contributed by atoms with E-state index in [-0.39, 0.29) is 0 Å². The minimum absolute atomic E-state index is 0.576. The first-order valence-electron chi connectivity index (χ1n) is 7.35. The smallest absolute Gasteiger partial charge is 0.134 e. The van der Waals surface area contributed by atoms with Gasteiger partial charge in [0, 0.05) is 30.1 Å². The van der Waals surface area contributed by atoms with E-state index in [0.29, 0.717) is 11.1 Å². The molecule has 4 heteroatoms. The van der Waals surface area contributed by atoms with Gasteiger partial charge in [-0.15, -0.1) is 0 Å². The largest absolute Gasteiger partial charge is 0.497 e. The molecule has 0 saturated carbocycles. The van der Waals surface area contributed by atoms with Crippen molar-refractivity contribution in [1.82, 2.24) is 9.88 Å². The van der Waals surface area contributed by atoms with E-state index in [1.165, 1.54) is 6.42 Å². The van der Waals surface area contributed by atoms with Crippen LogP contribution in [0.15, 0.2) is 24.3 Å². The molecular formula is C17H23ClN2O. The second-order valence-corrected chi connectivity index (χ2v) is 6.07. The van der Waals surface area contributed by atoms with Crippen LogP contribution < -0.4 is 4.74 Å². The van der Waals surface area contributed by atoms with Crippen LogP contribution >= 0.6 is 11.6 Å². The Morgan fingerprint density at radius 2 is 2.10 bits per heavy atom. The lowest BCUT2D eigenvalue weighted by Gasteiger charge is -2.21. The Labute approximate surface area is 131 Å².